The molecule has 4 heteroatoms. The summed E-state index contributed by atoms with van der Waals surface area (Å²) >= 11 is 5.78. The molecule has 0 N–H and O–H groups in total. The highest BCUT2D eigenvalue weighted by Crippen LogP contribution is 2.37. The van der Waals surface area contributed by atoms with Crippen molar-refractivity contribution in [3.05, 3.63) is 34.6 Å². The lowest BCUT2D eigenvalue weighted by Crippen LogP contribution is -2.39. The van der Waals surface area contributed by atoms with Gasteiger partial charge in [-0.25, -0.2) is 4.39 Å². The van der Waals surface area contributed by atoms with Crippen molar-refractivity contribution in [2.75, 3.05) is 13.1 Å². The second kappa shape index (κ2) is 5.11. The van der Waals surface area contributed by atoms with Crippen LogP contribution in [0.25, 0.3) is 0 Å². The smallest absolute Gasteiger partial charge is 0.128 e. The summed E-state index contributed by atoms with van der Waals surface area (Å²) in [5.41, 5.74) is 0.593. The number of benzene rings is 1. The minimum Gasteiger partial charge on any atom is -0.297 e. The summed E-state index contributed by atoms with van der Waals surface area (Å²) < 4.78 is 14.0. The van der Waals surface area contributed by atoms with E-state index >= 15 is 0 Å². The summed E-state index contributed by atoms with van der Waals surface area (Å²) in [6, 6.07) is 7.04. The van der Waals surface area contributed by atoms with Crippen LogP contribution in [0.4, 0.5) is 4.39 Å². The number of rotatable bonds is 1. The fourth-order valence-corrected chi connectivity index (χ4v) is 2.76. The molecule has 1 fully saturated rings. The Kier molecular flexibility index (Phi) is 3.85. The Morgan fingerprint density at radius 3 is 2.58 bits per heavy atom. The standard InChI is InChI=1S/C15H18ClFN2/c1-15(2,3)19-8-10(7-18)13(9-19)12-5-4-11(16)6-14(12)17/h4-6,10,13H,8-9H2,1-3H3/t10-,13-/m1/s1. The summed E-state index contributed by atoms with van der Waals surface area (Å²) in [5.74, 6) is -0.565. The van der Waals surface area contributed by atoms with E-state index in [0.717, 1.165) is 0 Å². The Labute approximate surface area is 118 Å². The van der Waals surface area contributed by atoms with E-state index in [1.165, 1.54) is 6.07 Å². The highest BCUT2D eigenvalue weighted by atomic mass is 35.5. The Hall–Kier alpha value is -1.11. The van der Waals surface area contributed by atoms with Crippen LogP contribution in [0.1, 0.15) is 32.3 Å². The third-order valence-corrected chi connectivity index (χ3v) is 4.03. The minimum absolute atomic E-state index is 0.00719. The number of hydrogen-bond acceptors (Lipinski definition) is 2. The van der Waals surface area contributed by atoms with Gasteiger partial charge in [0.25, 0.3) is 0 Å². The third-order valence-electron chi connectivity index (χ3n) is 3.80. The number of halogens is 2. The average Bonchev–Trinajstić information content (AvgIpc) is 2.72. The number of likely N-dealkylation sites (tertiary alicyclic amines) is 1. The molecular formula is C15H18ClFN2. The van der Waals surface area contributed by atoms with Gasteiger partial charge in [-0.2, -0.15) is 5.26 Å². The van der Waals surface area contributed by atoms with Gasteiger partial charge in [-0.05, 0) is 38.5 Å². The molecule has 1 aliphatic rings. The van der Waals surface area contributed by atoms with Crippen molar-refractivity contribution in [2.45, 2.75) is 32.2 Å². The molecule has 0 amide bonds. The lowest BCUT2D eigenvalue weighted by Gasteiger charge is -2.31. The van der Waals surface area contributed by atoms with E-state index in [1.54, 1.807) is 12.1 Å². The fraction of sp³-hybridized carbons (Fsp3) is 0.533. The molecule has 102 valence electrons. The van der Waals surface area contributed by atoms with Gasteiger partial charge >= 0.3 is 0 Å². The first-order valence-corrected chi connectivity index (χ1v) is 6.80. The largest absolute Gasteiger partial charge is 0.297 e. The van der Waals surface area contributed by atoms with Crippen molar-refractivity contribution in [1.82, 2.24) is 4.90 Å². The van der Waals surface area contributed by atoms with Crippen LogP contribution < -0.4 is 0 Å². The van der Waals surface area contributed by atoms with Gasteiger partial charge in [0.1, 0.15) is 5.82 Å². The Morgan fingerprint density at radius 1 is 1.37 bits per heavy atom. The van der Waals surface area contributed by atoms with Gasteiger partial charge in [-0.1, -0.05) is 17.7 Å². The quantitative estimate of drug-likeness (QED) is 0.782. The first-order valence-electron chi connectivity index (χ1n) is 6.42. The predicted molar refractivity (Wildman–Crippen MR) is 74.6 cm³/mol. The first kappa shape index (κ1) is 14.3. The van der Waals surface area contributed by atoms with Gasteiger partial charge in [0.15, 0.2) is 0 Å². The van der Waals surface area contributed by atoms with Crippen LogP contribution in [0, 0.1) is 23.1 Å². The molecule has 1 saturated heterocycles. The zero-order chi connectivity index (χ0) is 14.2. The van der Waals surface area contributed by atoms with Crippen molar-refractivity contribution in [3.8, 4) is 6.07 Å². The van der Waals surface area contributed by atoms with Gasteiger partial charge < -0.3 is 0 Å². The molecule has 2 rings (SSSR count). The van der Waals surface area contributed by atoms with E-state index in [0.29, 0.717) is 23.7 Å². The van der Waals surface area contributed by atoms with Crippen LogP contribution in [0.2, 0.25) is 5.02 Å². The molecule has 19 heavy (non-hydrogen) atoms. The molecule has 2 nitrogen and oxygen atoms in total. The molecular weight excluding hydrogens is 263 g/mol. The molecule has 0 radical (unpaired) electrons. The molecule has 0 saturated carbocycles. The van der Waals surface area contributed by atoms with E-state index in [-0.39, 0.29) is 23.2 Å². The molecule has 0 unspecified atom stereocenters. The van der Waals surface area contributed by atoms with Gasteiger partial charge in [0.05, 0.1) is 12.0 Å². The molecule has 0 spiro atoms. The second-order valence-electron chi connectivity index (χ2n) is 6.08. The Morgan fingerprint density at radius 2 is 2.05 bits per heavy atom. The maximum Gasteiger partial charge on any atom is 0.128 e. The zero-order valence-corrected chi connectivity index (χ0v) is 12.2. The molecule has 0 aliphatic carbocycles. The van der Waals surface area contributed by atoms with Crippen LogP contribution in [0.3, 0.4) is 0 Å². The van der Waals surface area contributed by atoms with Gasteiger partial charge in [-0.15, -0.1) is 0 Å². The van der Waals surface area contributed by atoms with Gasteiger partial charge in [-0.3, -0.25) is 4.90 Å². The zero-order valence-electron chi connectivity index (χ0n) is 11.5. The predicted octanol–water partition coefficient (Wildman–Crippen LogP) is 3.82. The van der Waals surface area contributed by atoms with Crippen LogP contribution in [-0.2, 0) is 0 Å². The van der Waals surface area contributed by atoms with E-state index in [2.05, 4.69) is 31.7 Å². The van der Waals surface area contributed by atoms with Crippen LogP contribution in [0.15, 0.2) is 18.2 Å². The maximum atomic E-state index is 14.0. The molecule has 1 aliphatic heterocycles. The molecule has 0 bridgehead atoms. The minimum atomic E-state index is -0.312. The summed E-state index contributed by atoms with van der Waals surface area (Å²) in [4.78, 5) is 2.24. The Bertz CT molecular complexity index is 516. The SMILES string of the molecule is CC(C)(C)N1C[C@@H](C#N)[C@H](c2ccc(Cl)cc2F)C1. The summed E-state index contributed by atoms with van der Waals surface area (Å²) in [6.45, 7) is 7.74. The van der Waals surface area contributed by atoms with Crippen LogP contribution in [-0.4, -0.2) is 23.5 Å². The van der Waals surface area contributed by atoms with E-state index < -0.39 is 0 Å². The fourth-order valence-electron chi connectivity index (χ4n) is 2.60. The van der Waals surface area contributed by atoms with Gasteiger partial charge in [0.2, 0.25) is 0 Å². The number of nitriles is 1. The first-order chi connectivity index (χ1) is 8.82. The van der Waals surface area contributed by atoms with Crippen LogP contribution >= 0.6 is 11.6 Å². The lowest BCUT2D eigenvalue weighted by molar-refractivity contribution is 0.170. The second-order valence-corrected chi connectivity index (χ2v) is 6.52. The molecule has 0 aromatic heterocycles. The molecule has 1 heterocycles. The van der Waals surface area contributed by atoms with Crippen molar-refractivity contribution in [2.24, 2.45) is 5.92 Å². The Balaban J connectivity index is 2.31. The lowest BCUT2D eigenvalue weighted by atomic mass is 9.89. The van der Waals surface area contributed by atoms with Gasteiger partial charge in [0, 0.05) is 29.6 Å². The van der Waals surface area contributed by atoms with E-state index in [1.807, 2.05) is 0 Å². The van der Waals surface area contributed by atoms with Crippen molar-refractivity contribution < 1.29 is 4.39 Å². The summed E-state index contributed by atoms with van der Waals surface area (Å²) in [5, 5.41) is 9.69. The van der Waals surface area contributed by atoms with E-state index in [9.17, 15) is 9.65 Å². The van der Waals surface area contributed by atoms with Crippen LogP contribution in [0.5, 0.6) is 0 Å². The van der Waals surface area contributed by atoms with E-state index in [4.69, 9.17) is 11.6 Å². The number of nitrogens with zero attached hydrogens (tertiary/aromatic N) is 2. The topological polar surface area (TPSA) is 27.0 Å². The van der Waals surface area contributed by atoms with Crippen molar-refractivity contribution in [3.63, 3.8) is 0 Å². The number of hydrogen-bond donors (Lipinski definition) is 0. The third kappa shape index (κ3) is 2.91. The summed E-state index contributed by atoms with van der Waals surface area (Å²) in [7, 11) is 0. The average molecular weight is 281 g/mol. The molecule has 2 atom stereocenters. The van der Waals surface area contributed by atoms with Crippen molar-refractivity contribution >= 4 is 11.6 Å². The monoisotopic (exact) mass is 280 g/mol. The maximum absolute atomic E-state index is 14.0. The highest BCUT2D eigenvalue weighted by Gasteiger charge is 2.39. The molecule has 1 aromatic rings. The molecule has 1 aromatic carbocycles. The summed E-state index contributed by atoms with van der Waals surface area (Å²) in [6.07, 6.45) is 0. The highest BCUT2D eigenvalue weighted by molar-refractivity contribution is 6.30. The van der Waals surface area contributed by atoms with Crippen molar-refractivity contribution in [1.29, 1.82) is 5.26 Å². The normalized spacial score (nSPS) is 24.4.